The van der Waals surface area contributed by atoms with Gasteiger partial charge in [-0.2, -0.15) is 9.93 Å². The molecule has 0 fully saturated rings. The quantitative estimate of drug-likeness (QED) is 0.296. The Morgan fingerprint density at radius 1 is 1.82 bits per heavy atom. The highest BCUT2D eigenvalue weighted by molar-refractivity contribution is 8.13. The molecule has 11 heavy (non-hydrogen) atoms. The van der Waals surface area contributed by atoms with Crippen LogP contribution < -0.4 is 10.4 Å². The third-order valence-corrected chi connectivity index (χ3v) is 1.55. The van der Waals surface area contributed by atoms with Crippen molar-refractivity contribution >= 4 is 34.2 Å². The van der Waals surface area contributed by atoms with E-state index in [1.807, 2.05) is 6.07 Å². The van der Waals surface area contributed by atoms with Crippen LogP contribution in [0.25, 0.3) is 0 Å². The number of nitriles is 1. The number of thioether (sulfide) groups is 1. The number of rotatable bonds is 2. The lowest BCUT2D eigenvalue weighted by molar-refractivity contribution is 1.53. The summed E-state index contributed by atoms with van der Waals surface area (Å²) in [6.45, 7) is 0. The fourth-order valence-corrected chi connectivity index (χ4v) is 0.973. The lowest BCUT2D eigenvalue weighted by atomic mass is 10.6. The van der Waals surface area contributed by atoms with Gasteiger partial charge in [-0.1, -0.05) is 6.08 Å². The molecule has 0 bridgehead atoms. The van der Waals surface area contributed by atoms with Crippen molar-refractivity contribution in [2.45, 2.75) is 0 Å². The summed E-state index contributed by atoms with van der Waals surface area (Å²) in [6.07, 6.45) is 3.09. The lowest BCUT2D eigenvalue weighted by Gasteiger charge is -1.80. The third-order valence-electron chi connectivity index (χ3n) is 0.696. The second kappa shape index (κ2) is 7.23. The van der Waals surface area contributed by atoms with E-state index >= 15 is 0 Å². The monoisotopic (exact) mass is 188 g/mol. The van der Waals surface area contributed by atoms with Crippen molar-refractivity contribution in [2.75, 3.05) is 5.75 Å². The smallest absolute Gasteiger partial charge is 0.267 e. The number of nitrogens with two attached hydrogens (primary N) is 1. The van der Waals surface area contributed by atoms with Gasteiger partial charge in [0.1, 0.15) is 0 Å². The number of hydrogen-bond acceptors (Lipinski definition) is 2. The van der Waals surface area contributed by atoms with Gasteiger partial charge in [-0.25, -0.2) is 0 Å². The van der Waals surface area contributed by atoms with Crippen LogP contribution in [-0.2, 0) is 0 Å². The molecule has 0 aliphatic carbocycles. The Hall–Kier alpha value is -0.880. The van der Waals surface area contributed by atoms with Crippen LogP contribution in [0.4, 0.5) is 0 Å². The molecule has 3 nitrogen and oxygen atoms in total. The Labute approximate surface area is 74.3 Å². The van der Waals surface area contributed by atoms with Crippen LogP contribution in [-0.4, -0.2) is 16.6 Å². The first-order valence-corrected chi connectivity index (χ1v) is 4.16. The van der Waals surface area contributed by atoms with Crippen LogP contribution in [0.2, 0.25) is 0 Å². The molecule has 2 N–H and O–H groups in total. The average Bonchev–Trinajstić information content (AvgIpc) is 1.99. The first kappa shape index (κ1) is 10.1. The number of halogens is 1. The summed E-state index contributed by atoms with van der Waals surface area (Å²) >= 11 is 6.48. The van der Waals surface area contributed by atoms with Gasteiger partial charge in [-0.15, -0.1) is 0 Å². The Bertz CT molecular complexity index is 235. The van der Waals surface area contributed by atoms with Crippen LogP contribution in [0.5, 0.6) is 0 Å². The number of amidine groups is 1. The zero-order valence-electron chi connectivity index (χ0n) is 5.70. The number of hydrogen-bond donors (Lipinski definition) is 1. The molecule has 0 aromatic carbocycles. The molecule has 0 aromatic rings. The maximum atomic E-state index is 8.10. The van der Waals surface area contributed by atoms with Crippen molar-refractivity contribution in [1.29, 1.82) is 5.26 Å². The Morgan fingerprint density at radius 2 is 2.55 bits per heavy atom. The summed E-state index contributed by atoms with van der Waals surface area (Å²) in [5.41, 5.74) is 6.45. The van der Waals surface area contributed by atoms with Crippen molar-refractivity contribution in [3.05, 3.63) is 12.2 Å². The van der Waals surface area contributed by atoms with Gasteiger partial charge in [-0.3, -0.25) is 5.73 Å². The molecule has 0 aliphatic rings. The van der Waals surface area contributed by atoms with E-state index in [9.17, 15) is 0 Å². The minimum atomic E-state index is 0.391. The first-order valence-electron chi connectivity index (χ1n) is 2.74. The molecule has 0 unspecified atom stereocenters. The third kappa shape index (κ3) is 7.01. The van der Waals surface area contributed by atoms with E-state index in [1.165, 1.54) is 17.8 Å². The topological polar surface area (TPSA) is 63.9 Å². The largest absolute Gasteiger partial charge is 0.403 e. The predicted octanol–water partition coefficient (Wildman–Crippen LogP) is 0.448. The molecule has 0 aromatic heterocycles. The summed E-state index contributed by atoms with van der Waals surface area (Å²) in [4.78, 5) is 0. The van der Waals surface area contributed by atoms with Gasteiger partial charge in [0, 0.05) is 11.8 Å². The van der Waals surface area contributed by atoms with Gasteiger partial charge in [0.15, 0.2) is 0 Å². The van der Waals surface area contributed by atoms with Gasteiger partial charge >= 0.3 is 5.17 Å². The van der Waals surface area contributed by atoms with Crippen molar-refractivity contribution in [2.24, 2.45) is 5.73 Å². The number of nitrogens with zero attached hydrogens (tertiary/aromatic N) is 2. The van der Waals surface area contributed by atoms with Crippen molar-refractivity contribution in [3.63, 3.8) is 0 Å². The van der Waals surface area contributed by atoms with Gasteiger partial charge in [-0.05, 0) is 23.4 Å². The van der Waals surface area contributed by atoms with Crippen molar-refractivity contribution < 1.29 is 0 Å². The van der Waals surface area contributed by atoms with E-state index in [2.05, 4.69) is 4.67 Å². The average molecular weight is 189 g/mol. The zero-order chi connectivity index (χ0) is 8.53. The minimum absolute atomic E-state index is 0.391. The molecule has 58 valence electrons. The molecule has 5 heteroatoms. The van der Waals surface area contributed by atoms with Crippen LogP contribution in [0.3, 0.4) is 0 Å². The summed E-state index contributed by atoms with van der Waals surface area (Å²) in [5, 5.41) is 8.49. The maximum absolute atomic E-state index is 8.10. The zero-order valence-corrected chi connectivity index (χ0v) is 7.27. The normalized spacial score (nSPS) is 8.73. The van der Waals surface area contributed by atoms with E-state index in [0.717, 1.165) is 5.67 Å². The molecule has 0 aliphatic heterocycles. The highest BCUT2D eigenvalue weighted by Gasteiger charge is 1.96. The van der Waals surface area contributed by atoms with Crippen molar-refractivity contribution in [3.8, 4) is 6.07 Å². The van der Waals surface area contributed by atoms with Crippen LogP contribution in [0.1, 0.15) is 0 Å². The molecule has 0 atom stereocenters. The molecule has 0 saturated heterocycles. The van der Waals surface area contributed by atoms with Crippen molar-refractivity contribution in [1.82, 2.24) is 4.67 Å². The SMILES string of the molecule is N#C/C=C/CSC(N)=[N+]=CCl. The standard InChI is InChI=1S/C6H6ClN3S/c7-5-10-6(9)11-4-2-1-3-8/h1-2,5,9H,4H2/p+1/b2-1+. The molecule has 0 spiro atoms. The fraction of sp³-hybridized carbons (Fsp3) is 0.167. The molecule has 0 radical (unpaired) electrons. The maximum Gasteiger partial charge on any atom is 0.403 e. The Kier molecular flexibility index (Phi) is 6.65. The van der Waals surface area contributed by atoms with Gasteiger partial charge < -0.3 is 0 Å². The molecule has 0 rings (SSSR count). The van der Waals surface area contributed by atoms with E-state index in [4.69, 9.17) is 22.6 Å². The second-order valence-electron chi connectivity index (χ2n) is 1.41. The summed E-state index contributed by atoms with van der Waals surface area (Å²) in [7, 11) is 0. The second-order valence-corrected chi connectivity index (χ2v) is 2.64. The predicted molar refractivity (Wildman–Crippen MR) is 50.5 cm³/mol. The van der Waals surface area contributed by atoms with E-state index in [-0.39, 0.29) is 0 Å². The minimum Gasteiger partial charge on any atom is -0.267 e. The van der Waals surface area contributed by atoms with Gasteiger partial charge in [0.2, 0.25) is 0 Å². The Morgan fingerprint density at radius 3 is 3.09 bits per heavy atom. The van der Waals surface area contributed by atoms with Gasteiger partial charge in [0.05, 0.1) is 6.07 Å². The van der Waals surface area contributed by atoms with E-state index < -0.39 is 0 Å². The molecule has 0 heterocycles. The molecule has 0 saturated carbocycles. The molecular formula is C6H7ClN3S+. The highest BCUT2D eigenvalue weighted by Crippen LogP contribution is 1.95. The van der Waals surface area contributed by atoms with Crippen LogP contribution in [0.15, 0.2) is 12.2 Å². The number of allylic oxidation sites excluding steroid dienone is 1. The Balaban J connectivity index is 3.65. The lowest BCUT2D eigenvalue weighted by Crippen LogP contribution is -2.09. The van der Waals surface area contributed by atoms with E-state index in [1.54, 1.807) is 6.08 Å². The highest BCUT2D eigenvalue weighted by atomic mass is 35.5. The first-order chi connectivity index (χ1) is 5.31. The molecule has 0 amide bonds. The molecular weight excluding hydrogens is 182 g/mol. The summed E-state index contributed by atoms with van der Waals surface area (Å²) in [5.74, 6) is 0.633. The fourth-order valence-electron chi connectivity index (χ4n) is 0.320. The van der Waals surface area contributed by atoms with E-state index in [0.29, 0.717) is 10.9 Å². The van der Waals surface area contributed by atoms with Crippen LogP contribution in [0, 0.1) is 11.3 Å². The summed E-state index contributed by atoms with van der Waals surface area (Å²) < 4.78 is 3.60. The van der Waals surface area contributed by atoms with Gasteiger partial charge in [0.25, 0.3) is 5.67 Å². The van der Waals surface area contributed by atoms with Crippen LogP contribution >= 0.6 is 23.4 Å². The summed E-state index contributed by atoms with van der Waals surface area (Å²) in [6, 6.07) is 1.86.